The molecule has 2 rings (SSSR count). The molecule has 1 N–H and O–H groups in total. The lowest BCUT2D eigenvalue weighted by atomic mass is 9.79. The van der Waals surface area contributed by atoms with Crippen LogP contribution in [-0.2, 0) is 21.1 Å². The van der Waals surface area contributed by atoms with Crippen LogP contribution in [0, 0.1) is 0 Å². The van der Waals surface area contributed by atoms with Crippen LogP contribution in [0.25, 0.3) is 0 Å². The topological polar surface area (TPSA) is 38.7 Å². The van der Waals surface area contributed by atoms with Crippen LogP contribution in [-0.4, -0.2) is 28.3 Å². The van der Waals surface area contributed by atoms with Crippen LogP contribution in [0.2, 0.25) is 34.8 Å². The van der Waals surface area contributed by atoms with Crippen molar-refractivity contribution in [2.45, 2.75) is 148 Å². The normalized spacial score (nSPS) is 17.7. The van der Waals surface area contributed by atoms with E-state index in [4.69, 9.17) is 8.85 Å². The molecule has 0 fully saturated rings. The summed E-state index contributed by atoms with van der Waals surface area (Å²) in [6.07, 6.45) is 8.34. The maximum Gasteiger partial charge on any atom is 0.200 e. The van der Waals surface area contributed by atoms with Gasteiger partial charge in [0.15, 0.2) is 8.32 Å². The molecule has 0 spiro atoms. The molecule has 0 amide bonds. The van der Waals surface area contributed by atoms with E-state index in [2.05, 4.69) is 92.9 Å². The number of hydrogen-bond acceptors (Lipinski definition) is 4. The highest BCUT2D eigenvalue weighted by molar-refractivity contribution is 7.10. The number of hydrogen-bond donors (Lipinski definition) is 1. The van der Waals surface area contributed by atoms with Crippen LogP contribution in [0.4, 0.5) is 0 Å². The van der Waals surface area contributed by atoms with E-state index in [1.807, 2.05) is 0 Å². The predicted molar refractivity (Wildman–Crippen MR) is 163 cm³/mol. The molecule has 0 saturated heterocycles. The van der Waals surface area contributed by atoms with Gasteiger partial charge >= 0.3 is 0 Å². The lowest BCUT2D eigenvalue weighted by molar-refractivity contribution is 0.0540. The summed E-state index contributed by atoms with van der Waals surface area (Å²) in [5.74, 6) is 0. The summed E-state index contributed by atoms with van der Waals surface area (Å²) in [4.78, 5) is 1.23. The van der Waals surface area contributed by atoms with Crippen LogP contribution >= 0.6 is 11.3 Å². The smallest absolute Gasteiger partial charge is 0.200 e. The maximum atomic E-state index is 12.2. The molecule has 208 valence electrons. The van der Waals surface area contributed by atoms with Crippen molar-refractivity contribution in [2.75, 3.05) is 6.61 Å². The third-order valence-corrected chi connectivity index (χ3v) is 20.6. The second kappa shape index (κ2) is 12.7. The highest BCUT2D eigenvalue weighted by Gasteiger charge is 2.45. The van der Waals surface area contributed by atoms with E-state index in [0.29, 0.717) is 29.7 Å². The van der Waals surface area contributed by atoms with E-state index in [1.54, 1.807) is 11.3 Å². The summed E-state index contributed by atoms with van der Waals surface area (Å²) in [5.41, 5.74) is 3.08. The third kappa shape index (κ3) is 7.23. The first kappa shape index (κ1) is 32.0. The average molecular weight is 553 g/mol. The van der Waals surface area contributed by atoms with Crippen molar-refractivity contribution in [2.24, 2.45) is 0 Å². The molecule has 6 heteroatoms. The van der Waals surface area contributed by atoms with E-state index in [9.17, 15) is 5.11 Å². The molecule has 1 aromatic rings. The molecule has 0 aliphatic heterocycles. The molecular formula is C30H56O3SSi2. The van der Waals surface area contributed by atoms with Crippen molar-refractivity contribution in [1.82, 2.24) is 0 Å². The highest BCUT2D eigenvalue weighted by Crippen LogP contribution is 2.45. The maximum absolute atomic E-state index is 12.2. The van der Waals surface area contributed by atoms with E-state index < -0.39 is 22.2 Å². The molecule has 1 heterocycles. The second-order valence-corrected chi connectivity index (χ2v) is 24.7. The van der Waals surface area contributed by atoms with Gasteiger partial charge in [-0.2, -0.15) is 0 Å². The summed E-state index contributed by atoms with van der Waals surface area (Å²) >= 11 is 1.75. The third-order valence-electron chi connectivity index (χ3n) is 9.08. The van der Waals surface area contributed by atoms with Gasteiger partial charge in [0.2, 0.25) is 8.32 Å². The number of thiophene rings is 1. The van der Waals surface area contributed by atoms with Crippen molar-refractivity contribution in [1.29, 1.82) is 0 Å². The summed E-state index contributed by atoms with van der Waals surface area (Å²) in [7, 11) is -3.70. The van der Waals surface area contributed by atoms with Gasteiger partial charge in [0.05, 0.1) is 6.61 Å². The summed E-state index contributed by atoms with van der Waals surface area (Å²) in [6.45, 7) is 26.9. The van der Waals surface area contributed by atoms with E-state index in [0.717, 1.165) is 31.4 Å². The lowest BCUT2D eigenvalue weighted by Gasteiger charge is -2.42. The molecule has 1 aliphatic carbocycles. The number of rotatable bonds is 13. The fourth-order valence-corrected chi connectivity index (χ4v) is 13.4. The Bertz CT molecular complexity index is 829. The van der Waals surface area contributed by atoms with Crippen LogP contribution in [0.1, 0.15) is 111 Å². The summed E-state index contributed by atoms with van der Waals surface area (Å²) in [5, 5.41) is 14.6. The summed E-state index contributed by atoms with van der Waals surface area (Å²) < 4.78 is 13.3. The Balaban J connectivity index is 2.21. The summed E-state index contributed by atoms with van der Waals surface area (Å²) in [6, 6.07) is 2.23. The van der Waals surface area contributed by atoms with Crippen LogP contribution in [0.15, 0.2) is 23.1 Å². The number of allylic oxidation sites excluding steroid dienone is 1. The van der Waals surface area contributed by atoms with E-state index in [1.165, 1.54) is 23.3 Å². The van der Waals surface area contributed by atoms with Crippen LogP contribution in [0.3, 0.4) is 0 Å². The SMILES string of the molecule is CC(C)[Si](OCc1cc([C@@](O)(CCCO[Si](C)(C)C(C)(C)C)C2=CCCCC2)cs1)(C(C)C)C(C)C. The van der Waals surface area contributed by atoms with Crippen molar-refractivity contribution < 1.29 is 14.0 Å². The Kier molecular flexibility index (Phi) is 11.3. The molecule has 1 aromatic heterocycles. The minimum absolute atomic E-state index is 0.206. The van der Waals surface area contributed by atoms with E-state index >= 15 is 0 Å². The zero-order chi connectivity index (χ0) is 27.4. The Hall–Kier alpha value is -0.246. The molecule has 0 radical (unpaired) electrons. The molecule has 0 unspecified atom stereocenters. The first-order valence-corrected chi connectivity index (χ1v) is 20.3. The van der Waals surface area contributed by atoms with Crippen molar-refractivity contribution in [3.05, 3.63) is 33.5 Å². The minimum Gasteiger partial charge on any atom is -0.417 e. The molecule has 1 atom stereocenters. The van der Waals surface area contributed by atoms with Crippen molar-refractivity contribution >= 4 is 28.0 Å². The van der Waals surface area contributed by atoms with Gasteiger partial charge in [-0.05, 0) is 95.9 Å². The van der Waals surface area contributed by atoms with Gasteiger partial charge in [0, 0.05) is 11.5 Å². The fourth-order valence-electron chi connectivity index (χ4n) is 5.95. The molecule has 3 nitrogen and oxygen atoms in total. The Labute approximate surface area is 229 Å². The van der Waals surface area contributed by atoms with Gasteiger partial charge in [-0.25, -0.2) is 0 Å². The van der Waals surface area contributed by atoms with Crippen molar-refractivity contribution in [3.8, 4) is 0 Å². The highest BCUT2D eigenvalue weighted by atomic mass is 32.1. The second-order valence-electron chi connectivity index (χ2n) is 13.5. The van der Waals surface area contributed by atoms with Gasteiger partial charge in [-0.3, -0.25) is 0 Å². The largest absolute Gasteiger partial charge is 0.417 e. The molecule has 0 aromatic carbocycles. The zero-order valence-electron chi connectivity index (χ0n) is 25.3. The van der Waals surface area contributed by atoms with Gasteiger partial charge in [0.1, 0.15) is 5.60 Å². The molecule has 0 saturated carbocycles. The quantitative estimate of drug-likeness (QED) is 0.150. The predicted octanol–water partition coefficient (Wildman–Crippen LogP) is 9.93. The molecular weight excluding hydrogens is 497 g/mol. The molecule has 1 aliphatic rings. The fraction of sp³-hybridized carbons (Fsp3) is 0.800. The van der Waals surface area contributed by atoms with Gasteiger partial charge < -0.3 is 14.0 Å². The monoisotopic (exact) mass is 552 g/mol. The van der Waals surface area contributed by atoms with Crippen LogP contribution in [0.5, 0.6) is 0 Å². The standard InChI is InChI=1S/C30H56O3SSi2/c1-23(2)36(24(3)4,25(5)6)33-21-28-20-27(22-34-28)30(31,26-16-13-12-14-17-26)18-15-19-32-35(10,11)29(7,8)9/h16,20,22-25,31H,12-15,17-19,21H2,1-11H3/t30-/m1/s1. The molecule has 36 heavy (non-hydrogen) atoms. The lowest BCUT2D eigenvalue weighted by Crippen LogP contribution is -2.47. The van der Waals surface area contributed by atoms with Crippen LogP contribution < -0.4 is 0 Å². The zero-order valence-corrected chi connectivity index (χ0v) is 28.1. The Morgan fingerprint density at radius 2 is 1.58 bits per heavy atom. The Morgan fingerprint density at radius 3 is 2.08 bits per heavy atom. The molecule has 0 bridgehead atoms. The first-order chi connectivity index (χ1) is 16.6. The van der Waals surface area contributed by atoms with Crippen molar-refractivity contribution in [3.63, 3.8) is 0 Å². The van der Waals surface area contributed by atoms with Gasteiger partial charge in [-0.15, -0.1) is 11.3 Å². The Morgan fingerprint density at radius 1 is 0.972 bits per heavy atom. The first-order valence-electron chi connectivity index (χ1n) is 14.4. The van der Waals surface area contributed by atoms with Gasteiger partial charge in [-0.1, -0.05) is 68.4 Å². The van der Waals surface area contributed by atoms with Gasteiger partial charge in [0.25, 0.3) is 0 Å². The minimum atomic E-state index is -1.92. The number of aliphatic hydroxyl groups is 1. The van der Waals surface area contributed by atoms with E-state index in [-0.39, 0.29) is 5.04 Å². The average Bonchev–Trinajstić information content (AvgIpc) is 3.26.